The largest absolute Gasteiger partial charge is 0.366 e. The Morgan fingerprint density at radius 1 is 1.21 bits per heavy atom. The van der Waals surface area contributed by atoms with Gasteiger partial charge in [0.15, 0.2) is 0 Å². The van der Waals surface area contributed by atoms with E-state index in [9.17, 15) is 18.0 Å². The highest BCUT2D eigenvalue weighted by molar-refractivity contribution is 9.10. The number of carbonyl (C=O) groups excluding carboxylic acids is 1. The Hall–Kier alpha value is -2.72. The van der Waals surface area contributed by atoms with Crippen LogP contribution >= 0.6 is 15.9 Å². The van der Waals surface area contributed by atoms with Crippen LogP contribution in [0.5, 0.6) is 0 Å². The average molecular weight is 469 g/mol. The summed E-state index contributed by atoms with van der Waals surface area (Å²) in [6.45, 7) is -3.06. The Balaban J connectivity index is 1.89. The van der Waals surface area contributed by atoms with Gasteiger partial charge in [0.25, 0.3) is 5.91 Å². The molecule has 152 valence electrons. The van der Waals surface area contributed by atoms with Crippen LogP contribution < -0.4 is 5.73 Å². The summed E-state index contributed by atoms with van der Waals surface area (Å²) in [5.41, 5.74) is 6.59. The second kappa shape index (κ2) is 9.19. The number of amides is 1. The molecule has 3 rings (SSSR count). The minimum atomic E-state index is -2.87. The van der Waals surface area contributed by atoms with E-state index < -0.39 is 24.4 Å². The Bertz CT molecular complexity index is 995. The second-order valence-electron chi connectivity index (χ2n) is 6.11. The van der Waals surface area contributed by atoms with Crippen molar-refractivity contribution in [3.05, 3.63) is 70.5 Å². The predicted molar refractivity (Wildman–Crippen MR) is 103 cm³/mol. The third-order valence-electron chi connectivity index (χ3n) is 4.22. The summed E-state index contributed by atoms with van der Waals surface area (Å²) in [4.78, 5) is 15.5. The fraction of sp³-hybridized carbons (Fsp3) is 0.211. The number of primary amides is 1. The van der Waals surface area contributed by atoms with Crippen LogP contribution in [0.3, 0.4) is 0 Å². The van der Waals surface area contributed by atoms with Crippen molar-refractivity contribution in [3.8, 4) is 11.1 Å². The zero-order valence-electron chi connectivity index (χ0n) is 14.9. The molecule has 1 unspecified atom stereocenters. The number of carbonyl (C=O) groups is 1. The molecule has 0 fully saturated rings. The van der Waals surface area contributed by atoms with Crippen molar-refractivity contribution in [2.45, 2.75) is 19.1 Å². The van der Waals surface area contributed by atoms with Crippen molar-refractivity contribution in [1.29, 1.82) is 0 Å². The van der Waals surface area contributed by atoms with Gasteiger partial charge >= 0.3 is 6.61 Å². The number of hydrogen-bond donors (Lipinski definition) is 1. The van der Waals surface area contributed by atoms with E-state index in [4.69, 9.17) is 5.73 Å². The Morgan fingerprint density at radius 2 is 2.00 bits per heavy atom. The normalized spacial score (nSPS) is 12.3. The summed E-state index contributed by atoms with van der Waals surface area (Å²) in [6, 6.07) is 7.11. The van der Waals surface area contributed by atoms with Gasteiger partial charge in [-0.1, -0.05) is 6.07 Å². The summed E-state index contributed by atoms with van der Waals surface area (Å²) < 4.78 is 45.5. The first kappa shape index (κ1) is 21.0. The molecular weight excluding hydrogens is 453 g/mol. The number of benzene rings is 1. The molecule has 0 bridgehead atoms. The van der Waals surface area contributed by atoms with Crippen LogP contribution in [0.4, 0.5) is 13.2 Å². The quantitative estimate of drug-likeness (QED) is 0.537. The lowest BCUT2D eigenvalue weighted by atomic mass is 10.1. The van der Waals surface area contributed by atoms with Crippen molar-refractivity contribution in [3.63, 3.8) is 0 Å². The predicted octanol–water partition coefficient (Wildman–Crippen LogP) is 4.16. The Morgan fingerprint density at radius 3 is 2.62 bits per heavy atom. The summed E-state index contributed by atoms with van der Waals surface area (Å²) in [6.07, 6.45) is 4.96. The lowest BCUT2D eigenvalue weighted by Crippen LogP contribution is -2.16. The van der Waals surface area contributed by atoms with Gasteiger partial charge in [-0.25, -0.2) is 4.39 Å². The van der Waals surface area contributed by atoms with Crippen molar-refractivity contribution in [2.24, 2.45) is 5.73 Å². The SMILES string of the molecule is NC(=O)c1ccc(-c2cnn(C(CCOC(F)F)c3ccc(Br)cn3)c2)cc1F. The maximum atomic E-state index is 14.1. The van der Waals surface area contributed by atoms with E-state index in [2.05, 4.69) is 30.7 Å². The van der Waals surface area contributed by atoms with Crippen LogP contribution in [0, 0.1) is 5.82 Å². The number of aromatic nitrogens is 3. The molecule has 0 saturated carbocycles. The fourth-order valence-corrected chi connectivity index (χ4v) is 3.06. The third kappa shape index (κ3) is 5.21. The van der Waals surface area contributed by atoms with Crippen LogP contribution in [0.25, 0.3) is 11.1 Å². The van der Waals surface area contributed by atoms with Crippen molar-refractivity contribution >= 4 is 21.8 Å². The van der Waals surface area contributed by atoms with Gasteiger partial charge < -0.3 is 10.5 Å². The van der Waals surface area contributed by atoms with Crippen LogP contribution in [0.2, 0.25) is 0 Å². The highest BCUT2D eigenvalue weighted by atomic mass is 79.9. The van der Waals surface area contributed by atoms with Gasteiger partial charge in [0.05, 0.1) is 30.1 Å². The monoisotopic (exact) mass is 468 g/mol. The molecule has 0 aliphatic heterocycles. The smallest absolute Gasteiger partial charge is 0.345 e. The van der Waals surface area contributed by atoms with Gasteiger partial charge in [0.2, 0.25) is 0 Å². The van der Waals surface area contributed by atoms with E-state index in [1.807, 2.05) is 0 Å². The molecule has 0 aliphatic rings. The lowest BCUT2D eigenvalue weighted by Gasteiger charge is -2.17. The molecule has 0 radical (unpaired) electrons. The molecule has 3 aromatic rings. The van der Waals surface area contributed by atoms with E-state index >= 15 is 0 Å². The lowest BCUT2D eigenvalue weighted by molar-refractivity contribution is -0.130. The molecular formula is C19H16BrF3N4O2. The Kier molecular flexibility index (Phi) is 6.65. The molecule has 2 heterocycles. The number of ether oxygens (including phenoxy) is 1. The number of alkyl halides is 2. The van der Waals surface area contributed by atoms with E-state index in [1.165, 1.54) is 18.3 Å². The molecule has 2 aromatic heterocycles. The average Bonchev–Trinajstić information content (AvgIpc) is 3.15. The Labute approximate surface area is 172 Å². The van der Waals surface area contributed by atoms with E-state index in [1.54, 1.807) is 35.3 Å². The fourth-order valence-electron chi connectivity index (χ4n) is 2.82. The number of nitrogens with zero attached hydrogens (tertiary/aromatic N) is 3. The molecule has 0 spiro atoms. The summed E-state index contributed by atoms with van der Waals surface area (Å²) in [5.74, 6) is -1.59. The first-order valence-corrected chi connectivity index (χ1v) is 9.29. The van der Waals surface area contributed by atoms with Crippen LogP contribution in [0.15, 0.2) is 53.4 Å². The number of rotatable bonds is 8. The first-order valence-electron chi connectivity index (χ1n) is 8.50. The number of halogens is 4. The number of nitrogens with two attached hydrogens (primary N) is 1. The minimum absolute atomic E-state index is 0.197. The molecule has 2 N–H and O–H groups in total. The third-order valence-corrected chi connectivity index (χ3v) is 4.68. The zero-order valence-corrected chi connectivity index (χ0v) is 16.5. The minimum Gasteiger partial charge on any atom is -0.366 e. The molecule has 0 aliphatic carbocycles. The van der Waals surface area contributed by atoms with Crippen molar-refractivity contribution < 1.29 is 22.7 Å². The number of pyridine rings is 1. The molecule has 10 heteroatoms. The summed E-state index contributed by atoms with van der Waals surface area (Å²) in [7, 11) is 0. The van der Waals surface area contributed by atoms with Gasteiger partial charge in [0.1, 0.15) is 5.82 Å². The van der Waals surface area contributed by atoms with E-state index in [-0.39, 0.29) is 18.6 Å². The van der Waals surface area contributed by atoms with Crippen molar-refractivity contribution in [1.82, 2.24) is 14.8 Å². The topological polar surface area (TPSA) is 83.0 Å². The maximum absolute atomic E-state index is 14.1. The van der Waals surface area contributed by atoms with Crippen molar-refractivity contribution in [2.75, 3.05) is 6.61 Å². The van der Waals surface area contributed by atoms with Gasteiger partial charge in [0, 0.05) is 22.4 Å². The van der Waals surface area contributed by atoms with Gasteiger partial charge in [-0.2, -0.15) is 13.9 Å². The number of hydrogen-bond acceptors (Lipinski definition) is 4. The molecule has 1 atom stereocenters. The summed E-state index contributed by atoms with van der Waals surface area (Å²) >= 11 is 3.30. The molecule has 6 nitrogen and oxygen atoms in total. The van der Waals surface area contributed by atoms with E-state index in [0.717, 1.165) is 4.47 Å². The highest BCUT2D eigenvalue weighted by Gasteiger charge is 2.19. The molecule has 1 amide bonds. The van der Waals surface area contributed by atoms with Gasteiger partial charge in [-0.15, -0.1) is 0 Å². The highest BCUT2D eigenvalue weighted by Crippen LogP contribution is 2.26. The van der Waals surface area contributed by atoms with E-state index in [0.29, 0.717) is 16.8 Å². The molecule has 29 heavy (non-hydrogen) atoms. The second-order valence-corrected chi connectivity index (χ2v) is 7.02. The van der Waals surface area contributed by atoms with Crippen LogP contribution in [-0.4, -0.2) is 33.9 Å². The molecule has 0 saturated heterocycles. The zero-order chi connectivity index (χ0) is 21.0. The van der Waals surface area contributed by atoms with Gasteiger partial charge in [-0.05, 0) is 52.2 Å². The van der Waals surface area contributed by atoms with Crippen LogP contribution in [0.1, 0.15) is 28.5 Å². The van der Waals surface area contributed by atoms with Gasteiger partial charge in [-0.3, -0.25) is 14.5 Å². The summed E-state index contributed by atoms with van der Waals surface area (Å²) in [5, 5.41) is 4.28. The first-order chi connectivity index (χ1) is 13.8. The standard InChI is InChI=1S/C19H16BrF3N4O2/c20-13-2-4-16(25-9-13)17(5-6-29-19(22)23)27-10-12(8-26-27)11-1-3-14(18(24)28)15(21)7-11/h1-4,7-10,17,19H,5-6H2,(H2,24,28). The maximum Gasteiger partial charge on any atom is 0.345 e. The van der Waals surface area contributed by atoms with Crippen LogP contribution in [-0.2, 0) is 4.74 Å². The molecule has 1 aromatic carbocycles.